The van der Waals surface area contributed by atoms with Crippen LogP contribution in [-0.4, -0.2) is 4.98 Å². The number of hydrogen-bond donors (Lipinski definition) is 1. The van der Waals surface area contributed by atoms with Gasteiger partial charge in [0.25, 0.3) is 0 Å². The lowest BCUT2D eigenvalue weighted by Gasteiger charge is -2.10. The molecule has 3 rings (SSSR count). The van der Waals surface area contributed by atoms with Crippen molar-refractivity contribution in [3.05, 3.63) is 70.3 Å². The highest BCUT2D eigenvalue weighted by molar-refractivity contribution is 9.10. The molecule has 1 aromatic heterocycles. The largest absolute Gasteiger partial charge is 0.488 e. The summed E-state index contributed by atoms with van der Waals surface area (Å²) >= 11 is 3.52. The molecule has 0 aliphatic heterocycles. The van der Waals surface area contributed by atoms with Crippen molar-refractivity contribution in [3.63, 3.8) is 0 Å². The van der Waals surface area contributed by atoms with Crippen LogP contribution in [0, 0.1) is 0 Å². The molecule has 0 atom stereocenters. The molecule has 2 aromatic carbocycles. The minimum atomic E-state index is 0.481. The van der Waals surface area contributed by atoms with E-state index in [0.29, 0.717) is 13.2 Å². The Morgan fingerprint density at radius 1 is 1.10 bits per heavy atom. The van der Waals surface area contributed by atoms with E-state index in [1.807, 2.05) is 36.4 Å². The number of nitrogens with two attached hydrogens (primary N) is 1. The number of benzene rings is 2. The van der Waals surface area contributed by atoms with Gasteiger partial charge in [0.15, 0.2) is 0 Å². The van der Waals surface area contributed by atoms with Crippen LogP contribution >= 0.6 is 15.9 Å². The molecule has 0 fully saturated rings. The van der Waals surface area contributed by atoms with Gasteiger partial charge in [-0.3, -0.25) is 4.98 Å². The van der Waals surface area contributed by atoms with Gasteiger partial charge in [0, 0.05) is 23.7 Å². The minimum Gasteiger partial charge on any atom is -0.488 e. The Bertz CT molecular complexity index is 768. The molecular weight excluding hydrogens is 328 g/mol. The maximum absolute atomic E-state index is 5.90. The molecule has 21 heavy (non-hydrogen) atoms. The van der Waals surface area contributed by atoms with E-state index in [-0.39, 0.29) is 0 Å². The van der Waals surface area contributed by atoms with Gasteiger partial charge < -0.3 is 10.5 Å². The second-order valence-electron chi connectivity index (χ2n) is 4.75. The molecule has 0 spiro atoms. The molecule has 0 aliphatic carbocycles. The van der Waals surface area contributed by atoms with Crippen LogP contribution in [0.4, 0.5) is 0 Å². The standard InChI is InChI=1S/C17H15BrN2O/c18-15-9-12(10-19)6-7-16(15)21-11-14-4-1-3-13-5-2-8-20-17(13)14/h1-9H,10-11,19H2. The molecule has 3 aromatic rings. The highest BCUT2D eigenvalue weighted by Gasteiger charge is 2.05. The number of nitrogens with zero attached hydrogens (tertiary/aromatic N) is 1. The topological polar surface area (TPSA) is 48.1 Å². The summed E-state index contributed by atoms with van der Waals surface area (Å²) in [6, 6.07) is 16.0. The van der Waals surface area contributed by atoms with E-state index in [2.05, 4.69) is 33.0 Å². The fourth-order valence-corrected chi connectivity index (χ4v) is 2.77. The molecule has 4 heteroatoms. The number of para-hydroxylation sites is 1. The van der Waals surface area contributed by atoms with Crippen molar-refractivity contribution in [2.75, 3.05) is 0 Å². The van der Waals surface area contributed by atoms with E-state index in [4.69, 9.17) is 10.5 Å². The van der Waals surface area contributed by atoms with Gasteiger partial charge in [0.1, 0.15) is 12.4 Å². The Labute approximate surface area is 131 Å². The summed E-state index contributed by atoms with van der Waals surface area (Å²) in [5.74, 6) is 0.806. The van der Waals surface area contributed by atoms with E-state index in [9.17, 15) is 0 Å². The average molecular weight is 343 g/mol. The number of fused-ring (bicyclic) bond motifs is 1. The first kappa shape index (κ1) is 14.0. The van der Waals surface area contributed by atoms with Crippen LogP contribution in [0.25, 0.3) is 10.9 Å². The SMILES string of the molecule is NCc1ccc(OCc2cccc3cccnc23)c(Br)c1. The van der Waals surface area contributed by atoms with Gasteiger partial charge in [-0.1, -0.05) is 30.3 Å². The van der Waals surface area contributed by atoms with E-state index in [1.165, 1.54) is 0 Å². The maximum Gasteiger partial charge on any atom is 0.134 e. The monoisotopic (exact) mass is 342 g/mol. The highest BCUT2D eigenvalue weighted by Crippen LogP contribution is 2.27. The van der Waals surface area contributed by atoms with Crippen LogP contribution < -0.4 is 10.5 Å². The lowest BCUT2D eigenvalue weighted by atomic mass is 10.1. The van der Waals surface area contributed by atoms with Crippen LogP contribution in [-0.2, 0) is 13.2 Å². The fraction of sp³-hybridized carbons (Fsp3) is 0.118. The van der Waals surface area contributed by atoms with Crippen LogP contribution in [0.5, 0.6) is 5.75 Å². The number of pyridine rings is 1. The average Bonchev–Trinajstić information content (AvgIpc) is 2.53. The van der Waals surface area contributed by atoms with Crippen molar-refractivity contribution in [1.82, 2.24) is 4.98 Å². The van der Waals surface area contributed by atoms with Crippen molar-refractivity contribution in [2.24, 2.45) is 5.73 Å². The zero-order valence-electron chi connectivity index (χ0n) is 11.4. The van der Waals surface area contributed by atoms with Crippen molar-refractivity contribution in [2.45, 2.75) is 13.2 Å². The predicted octanol–water partition coefficient (Wildman–Crippen LogP) is 4.04. The molecule has 0 bridgehead atoms. The van der Waals surface area contributed by atoms with E-state index < -0.39 is 0 Å². The highest BCUT2D eigenvalue weighted by atomic mass is 79.9. The van der Waals surface area contributed by atoms with E-state index in [0.717, 1.165) is 32.3 Å². The van der Waals surface area contributed by atoms with E-state index in [1.54, 1.807) is 6.20 Å². The minimum absolute atomic E-state index is 0.481. The van der Waals surface area contributed by atoms with Crippen molar-refractivity contribution in [1.29, 1.82) is 0 Å². The van der Waals surface area contributed by atoms with Gasteiger partial charge >= 0.3 is 0 Å². The third-order valence-electron chi connectivity index (χ3n) is 3.33. The Kier molecular flexibility index (Phi) is 4.18. The van der Waals surface area contributed by atoms with Gasteiger partial charge in [-0.25, -0.2) is 0 Å². The molecule has 3 nitrogen and oxygen atoms in total. The Hall–Kier alpha value is -1.91. The van der Waals surface area contributed by atoms with Gasteiger partial charge in [-0.05, 0) is 39.7 Å². The summed E-state index contributed by atoms with van der Waals surface area (Å²) in [5.41, 5.74) is 8.75. The second kappa shape index (κ2) is 6.24. The first-order chi connectivity index (χ1) is 10.3. The molecule has 0 amide bonds. The third-order valence-corrected chi connectivity index (χ3v) is 3.95. The molecule has 0 saturated carbocycles. The third kappa shape index (κ3) is 3.06. The van der Waals surface area contributed by atoms with Crippen molar-refractivity contribution in [3.8, 4) is 5.75 Å². The van der Waals surface area contributed by atoms with Crippen molar-refractivity contribution >= 4 is 26.8 Å². The molecule has 106 valence electrons. The first-order valence-corrected chi connectivity index (χ1v) is 7.51. The van der Waals surface area contributed by atoms with Crippen LogP contribution in [0.3, 0.4) is 0 Å². The summed E-state index contributed by atoms with van der Waals surface area (Å²) in [6.07, 6.45) is 1.80. The zero-order chi connectivity index (χ0) is 14.7. The van der Waals surface area contributed by atoms with Crippen molar-refractivity contribution < 1.29 is 4.74 Å². The van der Waals surface area contributed by atoms with Crippen LogP contribution in [0.1, 0.15) is 11.1 Å². The maximum atomic E-state index is 5.90. The lowest BCUT2D eigenvalue weighted by molar-refractivity contribution is 0.305. The number of aromatic nitrogens is 1. The quantitative estimate of drug-likeness (QED) is 0.778. The molecule has 0 unspecified atom stereocenters. The Morgan fingerprint density at radius 2 is 1.95 bits per heavy atom. The zero-order valence-corrected chi connectivity index (χ0v) is 13.0. The lowest BCUT2D eigenvalue weighted by Crippen LogP contribution is -2.00. The number of hydrogen-bond acceptors (Lipinski definition) is 3. The fourth-order valence-electron chi connectivity index (χ4n) is 2.23. The van der Waals surface area contributed by atoms with Gasteiger partial charge in [0.05, 0.1) is 9.99 Å². The van der Waals surface area contributed by atoms with Crippen LogP contribution in [0.2, 0.25) is 0 Å². The summed E-state index contributed by atoms with van der Waals surface area (Å²) in [7, 11) is 0. The molecule has 0 aliphatic rings. The summed E-state index contributed by atoms with van der Waals surface area (Å²) in [4.78, 5) is 4.43. The number of rotatable bonds is 4. The van der Waals surface area contributed by atoms with E-state index >= 15 is 0 Å². The van der Waals surface area contributed by atoms with Crippen LogP contribution in [0.15, 0.2) is 59.2 Å². The molecule has 0 radical (unpaired) electrons. The summed E-state index contributed by atoms with van der Waals surface area (Å²) in [5, 5.41) is 1.12. The molecular formula is C17H15BrN2O. The number of halogens is 1. The molecule has 1 heterocycles. The molecule has 0 saturated heterocycles. The Morgan fingerprint density at radius 3 is 2.76 bits per heavy atom. The summed E-state index contributed by atoms with van der Waals surface area (Å²) < 4.78 is 6.82. The Balaban J connectivity index is 1.84. The van der Waals surface area contributed by atoms with Gasteiger partial charge in [-0.15, -0.1) is 0 Å². The second-order valence-corrected chi connectivity index (χ2v) is 5.60. The number of ether oxygens (including phenoxy) is 1. The smallest absolute Gasteiger partial charge is 0.134 e. The first-order valence-electron chi connectivity index (χ1n) is 6.72. The summed E-state index contributed by atoms with van der Waals surface area (Å²) in [6.45, 7) is 1.00. The van der Waals surface area contributed by atoms with Gasteiger partial charge in [0.2, 0.25) is 0 Å². The molecule has 2 N–H and O–H groups in total. The van der Waals surface area contributed by atoms with Gasteiger partial charge in [-0.2, -0.15) is 0 Å². The predicted molar refractivity (Wildman–Crippen MR) is 88.1 cm³/mol. The normalized spacial score (nSPS) is 10.8.